The lowest BCUT2D eigenvalue weighted by Crippen LogP contribution is -2.02. The number of thioether (sulfide) groups is 1. The highest BCUT2D eigenvalue weighted by molar-refractivity contribution is 7.98. The fraction of sp³-hybridized carbons (Fsp3) is 0.333. The van der Waals surface area contributed by atoms with E-state index >= 15 is 0 Å². The van der Waals surface area contributed by atoms with Crippen LogP contribution in [-0.4, -0.2) is 22.8 Å². The number of anilines is 1. The fourth-order valence-corrected chi connectivity index (χ4v) is 1.04. The molecule has 0 aliphatic rings. The van der Waals surface area contributed by atoms with E-state index in [4.69, 9.17) is 0 Å². The van der Waals surface area contributed by atoms with Crippen molar-refractivity contribution < 1.29 is 0 Å². The van der Waals surface area contributed by atoms with E-state index in [0.29, 0.717) is 12.5 Å². The minimum absolute atomic E-state index is 0.592. The van der Waals surface area contributed by atoms with Gasteiger partial charge in [-0.25, -0.2) is 9.97 Å². The molecule has 0 radical (unpaired) electrons. The van der Waals surface area contributed by atoms with Gasteiger partial charge in [0.25, 0.3) is 0 Å². The summed E-state index contributed by atoms with van der Waals surface area (Å²) in [6.45, 7) is 2.40. The van der Waals surface area contributed by atoms with Gasteiger partial charge in [-0.3, -0.25) is 0 Å². The summed E-state index contributed by atoms with van der Waals surface area (Å²) in [6.07, 6.45) is 5.58. The number of aromatic nitrogens is 2. The lowest BCUT2D eigenvalue weighted by molar-refractivity contribution is 1.08. The first kappa shape index (κ1) is 9.87. The maximum absolute atomic E-state index is 4.11. The van der Waals surface area contributed by atoms with Crippen LogP contribution in [0.4, 0.5) is 5.95 Å². The summed E-state index contributed by atoms with van der Waals surface area (Å²) in [5.74, 6) is 6.29. The zero-order chi connectivity index (χ0) is 9.52. The molecule has 0 bridgehead atoms. The number of hydrogen-bond acceptors (Lipinski definition) is 4. The maximum Gasteiger partial charge on any atom is 0.223 e. The van der Waals surface area contributed by atoms with Gasteiger partial charge in [0, 0.05) is 17.3 Å². The molecule has 0 atom stereocenters. The second-order valence-electron chi connectivity index (χ2n) is 2.23. The molecule has 68 valence electrons. The van der Waals surface area contributed by atoms with Gasteiger partial charge in [-0.05, 0) is 13.2 Å². The molecule has 13 heavy (non-hydrogen) atoms. The highest BCUT2D eigenvalue weighted by Gasteiger charge is 1.93. The molecule has 3 nitrogen and oxygen atoms in total. The van der Waals surface area contributed by atoms with Gasteiger partial charge in [0.1, 0.15) is 0 Å². The first-order valence-corrected chi connectivity index (χ1v) is 5.09. The van der Waals surface area contributed by atoms with E-state index in [1.165, 1.54) is 0 Å². The molecule has 1 rings (SSSR count). The molecule has 0 unspecified atom stereocenters. The zero-order valence-corrected chi connectivity index (χ0v) is 8.48. The number of nitrogens with one attached hydrogen (secondary N) is 1. The van der Waals surface area contributed by atoms with Crippen molar-refractivity contribution >= 4 is 17.7 Å². The molecule has 0 spiro atoms. The van der Waals surface area contributed by atoms with Gasteiger partial charge in [-0.2, -0.15) is 0 Å². The van der Waals surface area contributed by atoms with E-state index in [0.717, 1.165) is 4.90 Å². The van der Waals surface area contributed by atoms with Crippen molar-refractivity contribution in [2.24, 2.45) is 0 Å². The summed E-state index contributed by atoms with van der Waals surface area (Å²) in [6, 6.07) is 0. The number of nitrogens with zero attached hydrogens (tertiary/aromatic N) is 2. The van der Waals surface area contributed by atoms with Crippen LogP contribution in [0.15, 0.2) is 17.3 Å². The van der Waals surface area contributed by atoms with Crippen LogP contribution >= 0.6 is 11.8 Å². The van der Waals surface area contributed by atoms with Gasteiger partial charge in [-0.15, -0.1) is 17.7 Å². The normalized spacial score (nSPS) is 8.77. The molecule has 1 aromatic heterocycles. The summed E-state index contributed by atoms with van der Waals surface area (Å²) in [5, 5.41) is 2.99. The van der Waals surface area contributed by atoms with Crippen molar-refractivity contribution in [1.29, 1.82) is 0 Å². The predicted molar refractivity (Wildman–Crippen MR) is 55.8 cm³/mol. The summed E-state index contributed by atoms with van der Waals surface area (Å²) < 4.78 is 0. The van der Waals surface area contributed by atoms with Crippen molar-refractivity contribution in [3.8, 4) is 11.8 Å². The third-order valence-electron chi connectivity index (χ3n) is 1.38. The topological polar surface area (TPSA) is 37.8 Å². The summed E-state index contributed by atoms with van der Waals surface area (Å²) in [7, 11) is 0. The lowest BCUT2D eigenvalue weighted by Gasteiger charge is -1.99. The van der Waals surface area contributed by atoms with Gasteiger partial charge < -0.3 is 5.32 Å². The second kappa shape index (κ2) is 5.44. The molecular formula is C9H11N3S. The molecule has 0 saturated heterocycles. The smallest absolute Gasteiger partial charge is 0.223 e. The minimum atomic E-state index is 0.592. The average molecular weight is 193 g/mol. The quantitative estimate of drug-likeness (QED) is 0.585. The molecule has 1 heterocycles. The Labute approximate surface area is 82.4 Å². The molecule has 4 heteroatoms. The van der Waals surface area contributed by atoms with E-state index in [1.807, 2.05) is 6.26 Å². The van der Waals surface area contributed by atoms with Crippen LogP contribution in [0.5, 0.6) is 0 Å². The van der Waals surface area contributed by atoms with Crippen molar-refractivity contribution in [2.45, 2.75) is 11.8 Å². The van der Waals surface area contributed by atoms with Gasteiger partial charge in [0.2, 0.25) is 5.95 Å². The van der Waals surface area contributed by atoms with Crippen LogP contribution < -0.4 is 5.32 Å². The Bertz CT molecular complexity index is 310. The van der Waals surface area contributed by atoms with Crippen LogP contribution in [0.2, 0.25) is 0 Å². The Kier molecular flexibility index (Phi) is 4.13. The van der Waals surface area contributed by atoms with Crippen LogP contribution in [0.3, 0.4) is 0 Å². The predicted octanol–water partition coefficient (Wildman–Crippen LogP) is 1.63. The Hall–Kier alpha value is -1.21. The third-order valence-corrected chi connectivity index (χ3v) is 2.06. The summed E-state index contributed by atoms with van der Waals surface area (Å²) in [4.78, 5) is 9.28. The van der Waals surface area contributed by atoms with Crippen LogP contribution in [0, 0.1) is 11.8 Å². The largest absolute Gasteiger partial charge is 0.343 e. The highest BCUT2D eigenvalue weighted by atomic mass is 32.2. The van der Waals surface area contributed by atoms with Gasteiger partial charge in [0.15, 0.2) is 0 Å². The van der Waals surface area contributed by atoms with E-state index in [1.54, 1.807) is 31.1 Å². The van der Waals surface area contributed by atoms with Gasteiger partial charge >= 0.3 is 0 Å². The number of rotatable bonds is 3. The number of hydrogen-bond donors (Lipinski definition) is 1. The molecular weight excluding hydrogens is 182 g/mol. The molecule has 0 fully saturated rings. The Morgan fingerprint density at radius 2 is 2.15 bits per heavy atom. The molecule has 0 aromatic carbocycles. The van der Waals surface area contributed by atoms with E-state index < -0.39 is 0 Å². The fourth-order valence-electron chi connectivity index (χ4n) is 0.725. The Morgan fingerprint density at radius 1 is 1.46 bits per heavy atom. The molecule has 1 N–H and O–H groups in total. The minimum Gasteiger partial charge on any atom is -0.343 e. The Morgan fingerprint density at radius 3 is 2.69 bits per heavy atom. The monoisotopic (exact) mass is 193 g/mol. The highest BCUT2D eigenvalue weighted by Crippen LogP contribution is 2.11. The SMILES string of the molecule is CC#CCNc1ncc(SC)cn1. The molecule has 0 amide bonds. The van der Waals surface area contributed by atoms with Crippen LogP contribution in [-0.2, 0) is 0 Å². The summed E-state index contributed by atoms with van der Waals surface area (Å²) >= 11 is 1.63. The zero-order valence-electron chi connectivity index (χ0n) is 7.66. The van der Waals surface area contributed by atoms with Gasteiger partial charge in [-0.1, -0.05) is 5.92 Å². The van der Waals surface area contributed by atoms with Gasteiger partial charge in [0.05, 0.1) is 6.54 Å². The second-order valence-corrected chi connectivity index (χ2v) is 3.11. The van der Waals surface area contributed by atoms with E-state index in [-0.39, 0.29) is 0 Å². The Balaban J connectivity index is 2.52. The third kappa shape index (κ3) is 3.34. The molecule has 1 aromatic rings. The molecule has 0 saturated carbocycles. The van der Waals surface area contributed by atoms with E-state index in [9.17, 15) is 0 Å². The molecule has 0 aliphatic heterocycles. The molecule has 0 aliphatic carbocycles. The maximum atomic E-state index is 4.11. The van der Waals surface area contributed by atoms with Crippen molar-refractivity contribution in [2.75, 3.05) is 18.1 Å². The van der Waals surface area contributed by atoms with Crippen molar-refractivity contribution in [3.05, 3.63) is 12.4 Å². The van der Waals surface area contributed by atoms with Crippen LogP contribution in [0.25, 0.3) is 0 Å². The van der Waals surface area contributed by atoms with Crippen molar-refractivity contribution in [1.82, 2.24) is 9.97 Å². The first-order valence-electron chi connectivity index (χ1n) is 3.86. The summed E-state index contributed by atoms with van der Waals surface area (Å²) in [5.41, 5.74) is 0. The van der Waals surface area contributed by atoms with Crippen LogP contribution in [0.1, 0.15) is 6.92 Å². The standard InChI is InChI=1S/C9H11N3S/c1-3-4-5-10-9-11-6-8(13-2)7-12-9/h6-7H,5H2,1-2H3,(H,10,11,12). The average Bonchev–Trinajstić information content (AvgIpc) is 2.19. The van der Waals surface area contributed by atoms with Crippen molar-refractivity contribution in [3.63, 3.8) is 0 Å². The lowest BCUT2D eigenvalue weighted by atomic mass is 10.6. The first-order chi connectivity index (χ1) is 6.36. The van der Waals surface area contributed by atoms with E-state index in [2.05, 4.69) is 27.1 Å².